The maximum Gasteiger partial charge on any atom is 0.104 e. The lowest BCUT2D eigenvalue weighted by atomic mass is 10.2. The molecule has 106 valence electrons. The van der Waals surface area contributed by atoms with Gasteiger partial charge in [0, 0.05) is 18.7 Å². The van der Waals surface area contributed by atoms with Crippen molar-refractivity contribution in [2.75, 3.05) is 38.6 Å². The first kappa shape index (κ1) is 16.2. The van der Waals surface area contributed by atoms with Gasteiger partial charge in [-0.3, -0.25) is 0 Å². The molecule has 0 saturated carbocycles. The first-order valence-corrected chi connectivity index (χ1v) is 7.23. The first-order chi connectivity index (χ1) is 8.95. The van der Waals surface area contributed by atoms with Crippen LogP contribution in [-0.4, -0.2) is 43.6 Å². The molecule has 0 aliphatic carbocycles. The number of nitrogens with zero attached hydrogens (tertiary/aromatic N) is 2. The molecule has 1 rings (SSSR count). The summed E-state index contributed by atoms with van der Waals surface area (Å²) in [5.74, 6) is 0. The third-order valence-electron chi connectivity index (χ3n) is 2.99. The van der Waals surface area contributed by atoms with E-state index in [1.165, 1.54) is 0 Å². The number of hydrogen-bond donors (Lipinski definition) is 1. The largest absolute Gasteiger partial charge is 0.389 e. The zero-order valence-electron chi connectivity index (χ0n) is 11.8. The maximum atomic E-state index is 6.32. The topological polar surface area (TPSA) is 32.5 Å². The van der Waals surface area contributed by atoms with Crippen molar-refractivity contribution in [2.24, 2.45) is 5.73 Å². The molecule has 0 fully saturated rings. The molecule has 5 heteroatoms. The highest BCUT2D eigenvalue weighted by molar-refractivity contribution is 7.80. The normalized spacial score (nSPS) is 10.8. The number of halogens is 1. The maximum absolute atomic E-state index is 6.32. The van der Waals surface area contributed by atoms with Crippen LogP contribution >= 0.6 is 23.8 Å². The van der Waals surface area contributed by atoms with Crippen molar-refractivity contribution in [3.8, 4) is 0 Å². The molecule has 0 aromatic heterocycles. The monoisotopic (exact) mass is 299 g/mol. The predicted molar refractivity (Wildman–Crippen MR) is 88.4 cm³/mol. The number of hydrogen-bond acceptors (Lipinski definition) is 3. The van der Waals surface area contributed by atoms with Crippen LogP contribution in [0.25, 0.3) is 0 Å². The molecular formula is C14H22ClN3S. The van der Waals surface area contributed by atoms with Crippen molar-refractivity contribution >= 4 is 34.5 Å². The van der Waals surface area contributed by atoms with Gasteiger partial charge in [0.05, 0.1) is 10.7 Å². The predicted octanol–water partition coefficient (Wildman–Crippen LogP) is 2.75. The Kier molecular flexibility index (Phi) is 6.55. The van der Waals surface area contributed by atoms with E-state index in [-0.39, 0.29) is 0 Å². The zero-order valence-corrected chi connectivity index (χ0v) is 13.4. The fourth-order valence-corrected chi connectivity index (χ4v) is 2.37. The molecule has 3 nitrogen and oxygen atoms in total. The molecule has 0 bridgehead atoms. The highest BCUT2D eigenvalue weighted by Gasteiger charge is 2.10. The van der Waals surface area contributed by atoms with Crippen molar-refractivity contribution in [2.45, 2.75) is 13.3 Å². The second kappa shape index (κ2) is 7.68. The average molecular weight is 300 g/mol. The van der Waals surface area contributed by atoms with E-state index in [1.807, 2.05) is 18.2 Å². The Hall–Kier alpha value is -0.840. The molecule has 0 aliphatic heterocycles. The molecular weight excluding hydrogens is 278 g/mol. The summed E-state index contributed by atoms with van der Waals surface area (Å²) in [5.41, 5.74) is 7.47. The van der Waals surface area contributed by atoms with Crippen LogP contribution < -0.4 is 10.6 Å². The Balaban J connectivity index is 2.78. The van der Waals surface area contributed by atoms with E-state index in [9.17, 15) is 0 Å². The van der Waals surface area contributed by atoms with E-state index >= 15 is 0 Å². The van der Waals surface area contributed by atoms with Crippen LogP contribution in [0.15, 0.2) is 18.2 Å². The van der Waals surface area contributed by atoms with Gasteiger partial charge in [0.25, 0.3) is 0 Å². The van der Waals surface area contributed by atoms with Gasteiger partial charge in [-0.25, -0.2) is 0 Å². The molecule has 0 amide bonds. The van der Waals surface area contributed by atoms with Gasteiger partial charge in [0.15, 0.2) is 0 Å². The molecule has 19 heavy (non-hydrogen) atoms. The average Bonchev–Trinajstić information content (AvgIpc) is 2.34. The van der Waals surface area contributed by atoms with E-state index in [0.717, 1.165) is 37.3 Å². The number of anilines is 1. The molecule has 0 saturated heterocycles. The SMILES string of the molecule is CCN(CCCN(C)C)c1ccc(C(N)=S)cc1Cl. The fourth-order valence-electron chi connectivity index (χ4n) is 1.94. The van der Waals surface area contributed by atoms with Crippen molar-refractivity contribution in [3.63, 3.8) is 0 Å². The smallest absolute Gasteiger partial charge is 0.104 e. The zero-order chi connectivity index (χ0) is 14.4. The first-order valence-electron chi connectivity index (χ1n) is 6.44. The number of benzene rings is 1. The molecule has 0 aliphatic rings. The van der Waals surface area contributed by atoms with Crippen LogP contribution in [0.4, 0.5) is 5.69 Å². The van der Waals surface area contributed by atoms with Crippen LogP contribution in [0, 0.1) is 0 Å². The summed E-state index contributed by atoms with van der Waals surface area (Å²) in [5, 5.41) is 0.706. The molecule has 0 atom stereocenters. The van der Waals surface area contributed by atoms with E-state index in [1.54, 1.807) is 0 Å². The molecule has 0 spiro atoms. The van der Waals surface area contributed by atoms with Crippen LogP contribution in [0.3, 0.4) is 0 Å². The molecule has 1 aromatic carbocycles. The fraction of sp³-hybridized carbons (Fsp3) is 0.500. The second-order valence-corrected chi connectivity index (χ2v) is 5.61. The lowest BCUT2D eigenvalue weighted by Gasteiger charge is -2.25. The Morgan fingerprint density at radius 2 is 2.00 bits per heavy atom. The van der Waals surface area contributed by atoms with Crippen molar-refractivity contribution < 1.29 is 0 Å². The third-order valence-corrected chi connectivity index (χ3v) is 3.53. The van der Waals surface area contributed by atoms with E-state index < -0.39 is 0 Å². The number of rotatable bonds is 7. The van der Waals surface area contributed by atoms with Gasteiger partial charge in [-0.2, -0.15) is 0 Å². The van der Waals surface area contributed by atoms with E-state index in [4.69, 9.17) is 29.6 Å². The molecule has 2 N–H and O–H groups in total. The number of nitrogens with two attached hydrogens (primary N) is 1. The summed E-state index contributed by atoms with van der Waals surface area (Å²) in [4.78, 5) is 4.84. The van der Waals surface area contributed by atoms with E-state index in [0.29, 0.717) is 10.0 Å². The highest BCUT2D eigenvalue weighted by atomic mass is 35.5. The summed E-state index contributed by atoms with van der Waals surface area (Å²) < 4.78 is 0. The van der Waals surface area contributed by atoms with Gasteiger partial charge in [-0.05, 0) is 52.2 Å². The van der Waals surface area contributed by atoms with Crippen LogP contribution in [0.2, 0.25) is 5.02 Å². The van der Waals surface area contributed by atoms with Crippen molar-refractivity contribution in [1.82, 2.24) is 4.90 Å². The number of thiocarbonyl (C=S) groups is 1. The lowest BCUT2D eigenvalue weighted by molar-refractivity contribution is 0.400. The third kappa shape index (κ3) is 4.97. The quantitative estimate of drug-likeness (QED) is 0.785. The summed E-state index contributed by atoms with van der Waals surface area (Å²) in [6.45, 7) is 5.12. The summed E-state index contributed by atoms with van der Waals surface area (Å²) >= 11 is 11.3. The second-order valence-electron chi connectivity index (χ2n) is 4.77. The van der Waals surface area contributed by atoms with Crippen LogP contribution in [0.1, 0.15) is 18.9 Å². The van der Waals surface area contributed by atoms with Crippen molar-refractivity contribution in [3.05, 3.63) is 28.8 Å². The summed E-state index contributed by atoms with van der Waals surface area (Å²) in [6, 6.07) is 5.77. The van der Waals surface area contributed by atoms with Gasteiger partial charge in [-0.15, -0.1) is 0 Å². The van der Waals surface area contributed by atoms with Crippen molar-refractivity contribution in [1.29, 1.82) is 0 Å². The highest BCUT2D eigenvalue weighted by Crippen LogP contribution is 2.27. The van der Waals surface area contributed by atoms with Gasteiger partial charge in [0.2, 0.25) is 0 Å². The van der Waals surface area contributed by atoms with Gasteiger partial charge >= 0.3 is 0 Å². The van der Waals surface area contributed by atoms with Crippen LogP contribution in [0.5, 0.6) is 0 Å². The minimum absolute atomic E-state index is 0.379. The van der Waals surface area contributed by atoms with Gasteiger partial charge in [0.1, 0.15) is 4.99 Å². The Morgan fingerprint density at radius 1 is 1.32 bits per heavy atom. The summed E-state index contributed by atoms with van der Waals surface area (Å²) in [6.07, 6.45) is 1.11. The molecule has 0 unspecified atom stereocenters. The van der Waals surface area contributed by atoms with E-state index in [2.05, 4.69) is 30.8 Å². The summed E-state index contributed by atoms with van der Waals surface area (Å²) in [7, 11) is 4.17. The minimum atomic E-state index is 0.379. The molecule has 0 radical (unpaired) electrons. The lowest BCUT2D eigenvalue weighted by Crippen LogP contribution is -2.27. The Morgan fingerprint density at radius 3 is 2.47 bits per heavy atom. The Labute approximate surface area is 126 Å². The standard InChI is InChI=1S/C14H22ClN3S/c1-4-18(9-5-8-17(2)3)13-7-6-11(14(16)19)10-12(13)15/h6-7,10H,4-5,8-9H2,1-3H3,(H2,16,19). The van der Waals surface area contributed by atoms with Gasteiger partial charge in [-0.1, -0.05) is 23.8 Å². The van der Waals surface area contributed by atoms with Gasteiger partial charge < -0.3 is 15.5 Å². The minimum Gasteiger partial charge on any atom is -0.389 e. The Bertz CT molecular complexity index is 435. The molecule has 1 aromatic rings. The van der Waals surface area contributed by atoms with Crippen LogP contribution in [-0.2, 0) is 0 Å². The molecule has 0 heterocycles.